The second kappa shape index (κ2) is 6.57. The zero-order valence-corrected chi connectivity index (χ0v) is 13.0. The zero-order valence-electron chi connectivity index (χ0n) is 10.2. The lowest BCUT2D eigenvalue weighted by Crippen LogP contribution is -2.43. The van der Waals surface area contributed by atoms with Gasteiger partial charge in [0.1, 0.15) is 4.56 Å². The van der Waals surface area contributed by atoms with Crippen LogP contribution >= 0.6 is 22.5 Å². The highest BCUT2D eigenvalue weighted by Gasteiger charge is 2.36. The van der Waals surface area contributed by atoms with E-state index in [1.807, 2.05) is 0 Å². The van der Waals surface area contributed by atoms with Crippen LogP contribution in [0.15, 0.2) is 0 Å². The molecular formula is C11H24OS2Si. The fourth-order valence-corrected chi connectivity index (χ4v) is 7.13. The van der Waals surface area contributed by atoms with Crippen LogP contribution in [-0.4, -0.2) is 19.5 Å². The predicted molar refractivity (Wildman–Crippen MR) is 76.4 cm³/mol. The van der Waals surface area contributed by atoms with E-state index in [1.54, 1.807) is 10.8 Å². The molecular weight excluding hydrogens is 240 g/mol. The van der Waals surface area contributed by atoms with Crippen molar-refractivity contribution in [1.29, 1.82) is 0 Å². The van der Waals surface area contributed by atoms with Crippen LogP contribution in [0.2, 0.25) is 13.1 Å². The van der Waals surface area contributed by atoms with Gasteiger partial charge in [-0.15, -0.1) is 11.7 Å². The summed E-state index contributed by atoms with van der Waals surface area (Å²) in [6.07, 6.45) is 8.22. The van der Waals surface area contributed by atoms with Crippen LogP contribution in [0.1, 0.15) is 45.4 Å². The van der Waals surface area contributed by atoms with Crippen molar-refractivity contribution in [1.82, 2.24) is 0 Å². The summed E-state index contributed by atoms with van der Waals surface area (Å²) < 4.78 is 6.45. The monoisotopic (exact) mass is 264 g/mol. The number of hydrogen-bond donors (Lipinski definition) is 1. The van der Waals surface area contributed by atoms with Crippen molar-refractivity contribution in [2.45, 2.75) is 69.2 Å². The summed E-state index contributed by atoms with van der Waals surface area (Å²) in [6, 6.07) is 0. The van der Waals surface area contributed by atoms with Crippen molar-refractivity contribution in [3.05, 3.63) is 0 Å². The summed E-state index contributed by atoms with van der Waals surface area (Å²) in [7, 11) is 0.825. The number of rotatable bonds is 5. The van der Waals surface area contributed by atoms with Crippen molar-refractivity contribution in [2.24, 2.45) is 0 Å². The first-order valence-electron chi connectivity index (χ1n) is 6.15. The minimum absolute atomic E-state index is 0.0606. The molecule has 90 valence electrons. The Bertz CT molecular complexity index is 177. The molecule has 1 unspecified atom stereocenters. The zero-order chi connectivity index (χ0) is 11.3. The second-order valence-corrected chi connectivity index (χ2v) is 9.87. The van der Waals surface area contributed by atoms with Crippen molar-refractivity contribution < 1.29 is 4.74 Å². The van der Waals surface area contributed by atoms with E-state index in [2.05, 4.69) is 31.7 Å². The summed E-state index contributed by atoms with van der Waals surface area (Å²) in [4.78, 5) is 0. The molecule has 0 aromatic rings. The van der Waals surface area contributed by atoms with Gasteiger partial charge in [0, 0.05) is 0 Å². The van der Waals surface area contributed by atoms with Gasteiger partial charge in [-0.25, -0.2) is 0 Å². The molecule has 1 saturated carbocycles. The molecule has 0 N–H and O–H groups in total. The van der Waals surface area contributed by atoms with E-state index in [-0.39, 0.29) is 4.56 Å². The van der Waals surface area contributed by atoms with E-state index in [0.29, 0.717) is 6.10 Å². The minimum atomic E-state index is -0.828. The molecule has 0 heterocycles. The lowest BCUT2D eigenvalue weighted by Gasteiger charge is -2.38. The fourth-order valence-electron chi connectivity index (χ4n) is 2.28. The normalized spacial score (nSPS) is 23.0. The van der Waals surface area contributed by atoms with Crippen LogP contribution in [0.3, 0.4) is 0 Å². The van der Waals surface area contributed by atoms with Crippen molar-refractivity contribution in [3.8, 4) is 0 Å². The van der Waals surface area contributed by atoms with Gasteiger partial charge in [-0.3, -0.25) is 0 Å². The highest BCUT2D eigenvalue weighted by molar-refractivity contribution is 8.69. The Labute approximate surface area is 105 Å². The first kappa shape index (κ1) is 13.9. The smallest absolute Gasteiger partial charge is 0.107 e. The van der Waals surface area contributed by atoms with E-state index in [0.717, 1.165) is 6.42 Å². The van der Waals surface area contributed by atoms with Gasteiger partial charge in [0.05, 0.1) is 14.9 Å². The minimum Gasteiger partial charge on any atom is -0.364 e. The molecule has 1 atom stereocenters. The molecule has 1 fully saturated rings. The molecule has 0 saturated heterocycles. The molecule has 0 radical (unpaired) electrons. The summed E-state index contributed by atoms with van der Waals surface area (Å²) in [5.41, 5.74) is 0. The first-order chi connectivity index (χ1) is 7.14. The molecule has 0 aromatic carbocycles. The van der Waals surface area contributed by atoms with Gasteiger partial charge in [-0.1, -0.05) is 50.1 Å². The van der Waals surface area contributed by atoms with Gasteiger partial charge in [0.25, 0.3) is 0 Å². The molecule has 15 heavy (non-hydrogen) atoms. The second-order valence-electron chi connectivity index (χ2n) is 4.79. The number of hydrogen-bond acceptors (Lipinski definition) is 3. The summed E-state index contributed by atoms with van der Waals surface area (Å²) in [6.45, 7) is 6.98. The van der Waals surface area contributed by atoms with E-state index in [4.69, 9.17) is 4.74 Å². The Morgan fingerprint density at radius 3 is 2.33 bits per heavy atom. The molecule has 1 rings (SSSR count). The summed E-state index contributed by atoms with van der Waals surface area (Å²) >= 11 is 4.45. The lowest BCUT2D eigenvalue weighted by atomic mass is 9.98. The van der Waals surface area contributed by atoms with Crippen LogP contribution in [0, 0.1) is 0 Å². The van der Waals surface area contributed by atoms with E-state index < -0.39 is 8.80 Å². The molecule has 0 spiro atoms. The van der Waals surface area contributed by atoms with Crippen LogP contribution in [0.4, 0.5) is 0 Å². The van der Waals surface area contributed by atoms with Gasteiger partial charge in [0.15, 0.2) is 0 Å². The molecule has 0 amide bonds. The van der Waals surface area contributed by atoms with Gasteiger partial charge in [-0.05, 0) is 19.3 Å². The Morgan fingerprint density at radius 1 is 1.33 bits per heavy atom. The van der Waals surface area contributed by atoms with Crippen molar-refractivity contribution >= 4 is 31.3 Å². The first-order valence-corrected chi connectivity index (χ1v) is 10.9. The maximum atomic E-state index is 6.39. The molecule has 0 aromatic heterocycles. The largest absolute Gasteiger partial charge is 0.364 e. The highest BCUT2D eigenvalue weighted by Crippen LogP contribution is 2.39. The molecule has 1 aliphatic rings. The topological polar surface area (TPSA) is 9.23 Å². The molecule has 0 bridgehead atoms. The quantitative estimate of drug-likeness (QED) is 0.347. The molecule has 1 aliphatic carbocycles. The Balaban J connectivity index is 2.56. The third-order valence-corrected chi connectivity index (χ3v) is 9.73. The lowest BCUT2D eigenvalue weighted by molar-refractivity contribution is -0.0132. The number of thiol groups is 1. The van der Waals surface area contributed by atoms with Crippen molar-refractivity contribution in [2.75, 3.05) is 0 Å². The van der Waals surface area contributed by atoms with Crippen molar-refractivity contribution in [3.63, 3.8) is 0 Å². The van der Waals surface area contributed by atoms with Crippen LogP contribution < -0.4 is 0 Å². The molecule has 0 aliphatic heterocycles. The molecule has 4 heteroatoms. The number of ether oxygens (including phenoxy) is 1. The van der Waals surface area contributed by atoms with Gasteiger partial charge in [0.2, 0.25) is 0 Å². The Morgan fingerprint density at radius 2 is 1.93 bits per heavy atom. The Hall–Kier alpha value is 0.877. The molecule has 1 nitrogen and oxygen atoms in total. The van der Waals surface area contributed by atoms with Gasteiger partial charge >= 0.3 is 0 Å². The van der Waals surface area contributed by atoms with Gasteiger partial charge in [-0.2, -0.15) is 0 Å². The average Bonchev–Trinajstić information content (AvgIpc) is 2.27. The van der Waals surface area contributed by atoms with Crippen LogP contribution in [0.5, 0.6) is 0 Å². The summed E-state index contributed by atoms with van der Waals surface area (Å²) in [5, 5.41) is 0. The van der Waals surface area contributed by atoms with Crippen LogP contribution in [0.25, 0.3) is 0 Å². The maximum absolute atomic E-state index is 6.39. The van der Waals surface area contributed by atoms with E-state index in [1.165, 1.54) is 32.1 Å². The third-order valence-electron chi connectivity index (χ3n) is 3.45. The third kappa shape index (κ3) is 3.68. The Kier molecular flexibility index (Phi) is 6.11. The van der Waals surface area contributed by atoms with E-state index in [9.17, 15) is 0 Å². The average molecular weight is 265 g/mol. The highest BCUT2D eigenvalue weighted by atomic mass is 33.1. The maximum Gasteiger partial charge on any atom is 0.107 e. The fraction of sp³-hybridized carbons (Fsp3) is 1.00. The SMILES string of the molecule is CCC(OC1CCCCC1)(SS)[SiH](C)C. The summed E-state index contributed by atoms with van der Waals surface area (Å²) in [5.74, 6) is 0. The van der Waals surface area contributed by atoms with Crippen LogP contribution in [-0.2, 0) is 4.74 Å². The van der Waals surface area contributed by atoms with E-state index >= 15 is 0 Å². The van der Waals surface area contributed by atoms with Gasteiger partial charge < -0.3 is 4.74 Å². The predicted octanol–water partition coefficient (Wildman–Crippen LogP) is 4.05. The standard InChI is InChI=1S/C11H24OS2Si/c1-4-11(14-13,15(2)3)12-10-8-6-5-7-9-10/h10,13,15H,4-9H2,1-3H3.